The van der Waals surface area contributed by atoms with Gasteiger partial charge in [-0.3, -0.25) is 4.79 Å². The van der Waals surface area contributed by atoms with Crippen LogP contribution in [0.25, 0.3) is 0 Å². The molecule has 5 heteroatoms. The van der Waals surface area contributed by atoms with Crippen LogP contribution in [0.2, 0.25) is 0 Å². The van der Waals surface area contributed by atoms with E-state index in [-0.39, 0.29) is 12.0 Å². The highest BCUT2D eigenvalue weighted by molar-refractivity contribution is 5.69. The third kappa shape index (κ3) is 3.61. The Hall–Kier alpha value is -1.75. The Morgan fingerprint density at radius 2 is 2.21 bits per heavy atom. The number of benzene rings is 1. The Morgan fingerprint density at radius 3 is 3.00 bits per heavy atom. The van der Waals surface area contributed by atoms with E-state index in [1.807, 2.05) is 18.2 Å². The van der Waals surface area contributed by atoms with Gasteiger partial charge in [0.05, 0.1) is 7.11 Å². The molecule has 0 amide bonds. The average molecular weight is 265 g/mol. The zero-order chi connectivity index (χ0) is 13.7. The zero-order valence-corrected chi connectivity index (χ0v) is 11.3. The van der Waals surface area contributed by atoms with E-state index in [1.54, 1.807) is 0 Å². The molecule has 104 valence electrons. The predicted octanol–water partition coefficient (Wildman–Crippen LogP) is 2.02. The number of carbonyl (C=O) groups is 1. The first-order chi connectivity index (χ1) is 9.20. The third-order valence-electron chi connectivity index (χ3n) is 3.13. The molecule has 1 aromatic rings. The third-order valence-corrected chi connectivity index (χ3v) is 3.13. The molecule has 0 saturated carbocycles. The van der Waals surface area contributed by atoms with Crippen LogP contribution in [0.3, 0.4) is 0 Å². The van der Waals surface area contributed by atoms with Crippen molar-refractivity contribution in [3.05, 3.63) is 23.8 Å². The van der Waals surface area contributed by atoms with Crippen molar-refractivity contribution in [1.29, 1.82) is 0 Å². The summed E-state index contributed by atoms with van der Waals surface area (Å²) in [4.78, 5) is 11.0. The summed E-state index contributed by atoms with van der Waals surface area (Å²) in [5, 5.41) is 3.37. The minimum Gasteiger partial charge on any atom is -0.469 e. The summed E-state index contributed by atoms with van der Waals surface area (Å²) in [6.07, 6.45) is 1.21. The molecule has 0 aromatic heterocycles. The zero-order valence-electron chi connectivity index (χ0n) is 11.3. The van der Waals surface area contributed by atoms with E-state index < -0.39 is 0 Å². The fraction of sp³-hybridized carbons (Fsp3) is 0.500. The van der Waals surface area contributed by atoms with E-state index >= 15 is 0 Å². The lowest BCUT2D eigenvalue weighted by molar-refractivity contribution is -0.140. The molecule has 1 atom stereocenters. The topological polar surface area (TPSA) is 56.8 Å². The predicted molar refractivity (Wildman–Crippen MR) is 70.2 cm³/mol. The molecule has 5 nitrogen and oxygen atoms in total. The summed E-state index contributed by atoms with van der Waals surface area (Å²) in [7, 11) is 1.41. The smallest absolute Gasteiger partial charge is 0.305 e. The molecule has 1 aromatic carbocycles. The maximum absolute atomic E-state index is 11.0. The molecule has 19 heavy (non-hydrogen) atoms. The van der Waals surface area contributed by atoms with E-state index in [2.05, 4.69) is 17.0 Å². The number of methoxy groups -OCH3 is 1. The Balaban J connectivity index is 1.80. The lowest BCUT2D eigenvalue weighted by Gasteiger charge is -2.14. The van der Waals surface area contributed by atoms with Crippen molar-refractivity contribution < 1.29 is 19.0 Å². The summed E-state index contributed by atoms with van der Waals surface area (Å²) < 4.78 is 15.2. The molecule has 1 aliphatic heterocycles. The maximum Gasteiger partial charge on any atom is 0.305 e. The summed E-state index contributed by atoms with van der Waals surface area (Å²) in [6.45, 7) is 3.14. The van der Waals surface area contributed by atoms with E-state index in [0.29, 0.717) is 13.2 Å². The molecule has 0 fully saturated rings. The fourth-order valence-electron chi connectivity index (χ4n) is 1.95. The minimum absolute atomic E-state index is 0.169. The van der Waals surface area contributed by atoms with Crippen molar-refractivity contribution in [2.45, 2.75) is 25.8 Å². The molecule has 0 spiro atoms. The molecule has 1 aliphatic rings. The lowest BCUT2D eigenvalue weighted by Crippen LogP contribution is -2.20. The second kappa shape index (κ2) is 6.43. The molecular formula is C14H19NO4. The molecule has 1 N–H and O–H groups in total. The summed E-state index contributed by atoms with van der Waals surface area (Å²) >= 11 is 0. The number of hydrogen-bond donors (Lipinski definition) is 1. The standard InChI is InChI=1S/C14H19NO4/c1-10(15-7-3-4-14(16)17-2)11-5-6-12-13(8-11)19-9-18-12/h5-6,8,10,15H,3-4,7,9H2,1-2H3. The molecule has 0 saturated heterocycles. The van der Waals surface area contributed by atoms with Gasteiger partial charge in [-0.1, -0.05) is 6.07 Å². The molecular weight excluding hydrogens is 246 g/mol. The van der Waals surface area contributed by atoms with Crippen LogP contribution in [0.5, 0.6) is 11.5 Å². The first-order valence-corrected chi connectivity index (χ1v) is 6.40. The van der Waals surface area contributed by atoms with Gasteiger partial charge in [-0.2, -0.15) is 0 Å². The van der Waals surface area contributed by atoms with Crippen LogP contribution in [0.15, 0.2) is 18.2 Å². The van der Waals surface area contributed by atoms with Crippen LogP contribution in [-0.2, 0) is 9.53 Å². The van der Waals surface area contributed by atoms with Crippen molar-refractivity contribution in [1.82, 2.24) is 5.32 Å². The number of ether oxygens (including phenoxy) is 3. The lowest BCUT2D eigenvalue weighted by atomic mass is 10.1. The van der Waals surface area contributed by atoms with Gasteiger partial charge in [0, 0.05) is 12.5 Å². The van der Waals surface area contributed by atoms with Gasteiger partial charge in [0.2, 0.25) is 6.79 Å². The second-order valence-electron chi connectivity index (χ2n) is 4.47. The van der Waals surface area contributed by atoms with Crippen LogP contribution >= 0.6 is 0 Å². The SMILES string of the molecule is COC(=O)CCCNC(C)c1ccc2c(c1)OCO2. The number of hydrogen-bond acceptors (Lipinski definition) is 5. The van der Waals surface area contributed by atoms with Crippen LogP contribution < -0.4 is 14.8 Å². The van der Waals surface area contributed by atoms with Gasteiger partial charge in [0.15, 0.2) is 11.5 Å². The Morgan fingerprint density at radius 1 is 1.42 bits per heavy atom. The van der Waals surface area contributed by atoms with Gasteiger partial charge < -0.3 is 19.5 Å². The largest absolute Gasteiger partial charge is 0.469 e. The number of nitrogens with one attached hydrogen (secondary N) is 1. The van der Waals surface area contributed by atoms with Crippen LogP contribution in [-0.4, -0.2) is 26.4 Å². The highest BCUT2D eigenvalue weighted by atomic mass is 16.7. The number of esters is 1. The monoisotopic (exact) mass is 265 g/mol. The van der Waals surface area contributed by atoms with Crippen molar-refractivity contribution in [2.24, 2.45) is 0 Å². The highest BCUT2D eigenvalue weighted by Gasteiger charge is 2.15. The van der Waals surface area contributed by atoms with Crippen LogP contribution in [0.1, 0.15) is 31.4 Å². The van der Waals surface area contributed by atoms with E-state index in [9.17, 15) is 4.79 Å². The first-order valence-electron chi connectivity index (χ1n) is 6.40. The molecule has 1 heterocycles. The van der Waals surface area contributed by atoms with Crippen molar-refractivity contribution in [3.63, 3.8) is 0 Å². The van der Waals surface area contributed by atoms with E-state index in [0.717, 1.165) is 30.0 Å². The van der Waals surface area contributed by atoms with Gasteiger partial charge in [0.25, 0.3) is 0 Å². The maximum atomic E-state index is 11.0. The fourth-order valence-corrected chi connectivity index (χ4v) is 1.95. The van der Waals surface area contributed by atoms with E-state index in [4.69, 9.17) is 9.47 Å². The van der Waals surface area contributed by atoms with Crippen molar-refractivity contribution in [2.75, 3.05) is 20.4 Å². The summed E-state index contributed by atoms with van der Waals surface area (Å²) in [5.41, 5.74) is 1.14. The van der Waals surface area contributed by atoms with Crippen molar-refractivity contribution >= 4 is 5.97 Å². The molecule has 0 bridgehead atoms. The normalized spacial score (nSPS) is 14.2. The average Bonchev–Trinajstić information content (AvgIpc) is 2.90. The second-order valence-corrected chi connectivity index (χ2v) is 4.47. The van der Waals surface area contributed by atoms with Gasteiger partial charge in [-0.25, -0.2) is 0 Å². The Labute approximate surface area is 112 Å². The van der Waals surface area contributed by atoms with Crippen LogP contribution in [0.4, 0.5) is 0 Å². The number of rotatable bonds is 6. The van der Waals surface area contributed by atoms with Gasteiger partial charge in [-0.05, 0) is 37.6 Å². The molecule has 0 radical (unpaired) electrons. The number of carbonyl (C=O) groups excluding carboxylic acids is 1. The van der Waals surface area contributed by atoms with E-state index in [1.165, 1.54) is 7.11 Å². The quantitative estimate of drug-likeness (QED) is 0.630. The number of fused-ring (bicyclic) bond motifs is 1. The summed E-state index contributed by atoms with van der Waals surface area (Å²) in [6, 6.07) is 6.13. The Bertz CT molecular complexity index is 447. The minimum atomic E-state index is -0.169. The Kier molecular flexibility index (Phi) is 4.63. The van der Waals surface area contributed by atoms with Crippen molar-refractivity contribution in [3.8, 4) is 11.5 Å². The van der Waals surface area contributed by atoms with Gasteiger partial charge >= 0.3 is 5.97 Å². The van der Waals surface area contributed by atoms with Gasteiger partial charge in [0.1, 0.15) is 0 Å². The molecule has 1 unspecified atom stereocenters. The molecule has 0 aliphatic carbocycles. The van der Waals surface area contributed by atoms with Gasteiger partial charge in [-0.15, -0.1) is 0 Å². The summed E-state index contributed by atoms with van der Waals surface area (Å²) in [5.74, 6) is 1.42. The van der Waals surface area contributed by atoms with Crippen LogP contribution in [0, 0.1) is 0 Å². The first kappa shape index (κ1) is 13.7. The highest BCUT2D eigenvalue weighted by Crippen LogP contribution is 2.34. The molecule has 2 rings (SSSR count).